The first-order chi connectivity index (χ1) is 29.5. The minimum atomic E-state index is -5.46. The van der Waals surface area contributed by atoms with Gasteiger partial charge in [0.25, 0.3) is 0 Å². The Bertz CT molecular complexity index is 2290. The Labute approximate surface area is 356 Å². The van der Waals surface area contributed by atoms with Crippen LogP contribution in [-0.2, 0) is 56.0 Å². The van der Waals surface area contributed by atoms with E-state index in [2.05, 4.69) is 41.7 Å². The molecule has 0 radical (unpaired) electrons. The quantitative estimate of drug-likeness (QED) is 0.0326. The van der Waals surface area contributed by atoms with Crippen molar-refractivity contribution >= 4 is 56.2 Å². The summed E-state index contributed by atoms with van der Waals surface area (Å²) in [6.07, 6.45) is -9.33. The van der Waals surface area contributed by atoms with Crippen molar-refractivity contribution in [3.05, 3.63) is 48.1 Å². The number of carbonyl (C=O) groups excluding carboxylic acids is 3. The number of nitrogen functional groups attached to an aromatic ring is 2. The van der Waals surface area contributed by atoms with Gasteiger partial charge >= 0.3 is 27.3 Å². The molecule has 0 saturated carbocycles. The highest BCUT2D eigenvalue weighted by molar-refractivity contribution is 7.47. The maximum atomic E-state index is 13.8. The van der Waals surface area contributed by atoms with E-state index in [-0.39, 0.29) is 35.6 Å². The third-order valence-electron chi connectivity index (χ3n) is 8.95. The standard InChI is InChI=1S/C33H48N10O18P2/c1-5-6-7-20(44)39-16(10-55-13-21(45)41-33(2,3)4)31(48)60-25-17(58-30(23(25)46)43-15-38-22-27(35)36-14-37-28(22)43)12-57-63(53,54)61-26-18(11-56-62(50,51)52)59-29(24(26)47)42-9-8-19(34)40-32(42)49/h5,8-9,14-18,23-26,29-30,46-47H,1,6-7,10-13H2,2-4H3,(H,39,44)(H,41,45)(H,53,54)(H2,34,40,49)(H2,35,36,37)(H2,50,51,52)/t16?,17-,18-,23-,24-,25-,26-,29-,30-/m1/s1. The van der Waals surface area contributed by atoms with Crippen LogP contribution in [0.5, 0.6) is 0 Å². The van der Waals surface area contributed by atoms with Gasteiger partial charge in [-0.05, 0) is 33.3 Å². The van der Waals surface area contributed by atoms with Crippen LogP contribution in [0.15, 0.2) is 42.4 Å². The number of nitrogens with one attached hydrogen (secondary N) is 2. The second-order valence-corrected chi connectivity index (χ2v) is 17.7. The molecule has 3 aromatic heterocycles. The number of anilines is 2. The average Bonchev–Trinajstić information content (AvgIpc) is 3.84. The van der Waals surface area contributed by atoms with Crippen LogP contribution >= 0.6 is 15.6 Å². The average molecular weight is 935 g/mol. The molecule has 0 aromatic carbocycles. The summed E-state index contributed by atoms with van der Waals surface area (Å²) in [5.74, 6) is -2.62. The van der Waals surface area contributed by atoms with Crippen molar-refractivity contribution in [1.82, 2.24) is 39.7 Å². The highest BCUT2D eigenvalue weighted by atomic mass is 31.2. The Morgan fingerprint density at radius 2 is 1.63 bits per heavy atom. The molecule has 2 saturated heterocycles. The van der Waals surface area contributed by atoms with E-state index in [1.807, 2.05) is 0 Å². The van der Waals surface area contributed by atoms with E-state index in [4.69, 9.17) is 39.5 Å². The summed E-state index contributed by atoms with van der Waals surface area (Å²) in [5.41, 5.74) is 9.94. The number of aromatic nitrogens is 6. The molecule has 30 heteroatoms. The van der Waals surface area contributed by atoms with Crippen LogP contribution in [0.3, 0.4) is 0 Å². The second-order valence-electron chi connectivity index (χ2n) is 15.0. The van der Waals surface area contributed by atoms with Gasteiger partial charge < -0.3 is 65.9 Å². The van der Waals surface area contributed by atoms with Gasteiger partial charge in [-0.25, -0.2) is 33.7 Å². The number of rotatable bonds is 20. The predicted octanol–water partition coefficient (Wildman–Crippen LogP) is -2.33. The van der Waals surface area contributed by atoms with Crippen LogP contribution in [0.2, 0.25) is 0 Å². The summed E-state index contributed by atoms with van der Waals surface area (Å²) in [6.45, 7) is 5.57. The van der Waals surface area contributed by atoms with E-state index < -0.39 is 126 Å². The van der Waals surface area contributed by atoms with Gasteiger partial charge in [-0.15, -0.1) is 6.58 Å². The van der Waals surface area contributed by atoms with Crippen LogP contribution < -0.4 is 27.8 Å². The van der Waals surface area contributed by atoms with Crippen LogP contribution in [-0.4, -0.2) is 146 Å². The normalized spacial score (nSPS) is 25.3. The van der Waals surface area contributed by atoms with Crippen molar-refractivity contribution < 1.29 is 80.9 Å². The number of nitrogens with two attached hydrogens (primary N) is 2. The largest absolute Gasteiger partial charge is 0.472 e. The van der Waals surface area contributed by atoms with Crippen molar-refractivity contribution in [3.63, 3.8) is 0 Å². The summed E-state index contributed by atoms with van der Waals surface area (Å²) in [7, 11) is -10.7. The number of fused-ring (bicyclic) bond motifs is 1. The Morgan fingerprint density at radius 3 is 2.29 bits per heavy atom. The highest BCUT2D eigenvalue weighted by Gasteiger charge is 2.52. The Balaban J connectivity index is 1.39. The predicted molar refractivity (Wildman–Crippen MR) is 211 cm³/mol. The highest BCUT2D eigenvalue weighted by Crippen LogP contribution is 2.50. The number of amides is 2. The molecule has 2 aliphatic rings. The number of aliphatic hydroxyl groups excluding tert-OH is 2. The lowest BCUT2D eigenvalue weighted by atomic mass is 10.1. The smallest absolute Gasteiger partial charge is 0.455 e. The number of imidazole rings is 1. The lowest BCUT2D eigenvalue weighted by Crippen LogP contribution is -2.49. The number of carbonyl (C=O) groups is 3. The SMILES string of the molecule is C=CCCC(=O)NC(COCC(=O)NC(C)(C)C)C(=O)O[C@H]1[C@@H](O)[C@H](n2cnc3c(N)ncnc32)O[C@@H]1COP(=O)(O)O[C@H]1[C@@H](O)[C@H](n2ccc(N)nc2=O)O[C@@H]1COP(=O)(O)O. The number of allylic oxidation sites excluding steroid dienone is 1. The Hall–Kier alpha value is -4.80. The first kappa shape index (κ1) is 49.2. The number of phosphoric acid groups is 2. The maximum Gasteiger partial charge on any atom is 0.472 e. The van der Waals surface area contributed by atoms with Gasteiger partial charge in [0.1, 0.15) is 54.8 Å². The van der Waals surface area contributed by atoms with Crippen LogP contribution in [0.25, 0.3) is 11.2 Å². The molecule has 2 unspecified atom stereocenters. The van der Waals surface area contributed by atoms with Crippen molar-refractivity contribution in [2.45, 2.75) is 94.3 Å². The molecule has 5 heterocycles. The molecule has 2 aliphatic heterocycles. The van der Waals surface area contributed by atoms with Gasteiger partial charge in [-0.1, -0.05) is 6.08 Å². The molecule has 63 heavy (non-hydrogen) atoms. The zero-order valence-corrected chi connectivity index (χ0v) is 35.6. The molecule has 2 fully saturated rings. The number of phosphoric ester groups is 2. The van der Waals surface area contributed by atoms with E-state index in [9.17, 15) is 53.2 Å². The maximum absolute atomic E-state index is 13.8. The molecule has 348 valence electrons. The van der Waals surface area contributed by atoms with Crippen molar-refractivity contribution in [2.75, 3.05) is 37.9 Å². The van der Waals surface area contributed by atoms with E-state index >= 15 is 0 Å². The molecule has 3 aromatic rings. The second kappa shape index (κ2) is 20.4. The zero-order valence-electron chi connectivity index (χ0n) is 33.8. The number of aliphatic hydroxyl groups is 2. The van der Waals surface area contributed by atoms with Gasteiger partial charge in [0.2, 0.25) is 11.8 Å². The molecule has 28 nitrogen and oxygen atoms in total. The monoisotopic (exact) mass is 934 g/mol. The van der Waals surface area contributed by atoms with E-state index in [0.717, 1.165) is 23.2 Å². The fraction of sp³-hybridized carbons (Fsp3) is 0.576. The molecule has 0 bridgehead atoms. The third kappa shape index (κ3) is 13.1. The van der Waals surface area contributed by atoms with Crippen molar-refractivity contribution in [1.29, 1.82) is 0 Å². The lowest BCUT2D eigenvalue weighted by molar-refractivity contribution is -0.162. The molecule has 0 aliphatic carbocycles. The van der Waals surface area contributed by atoms with Crippen LogP contribution in [0.1, 0.15) is 46.1 Å². The molecule has 10 atom stereocenters. The van der Waals surface area contributed by atoms with E-state index in [1.165, 1.54) is 17.0 Å². The number of nitrogens with zero attached hydrogens (tertiary/aromatic N) is 6. The summed E-state index contributed by atoms with van der Waals surface area (Å²) < 4.78 is 64.6. The molecule has 11 N–H and O–H groups in total. The molecule has 5 rings (SSSR count). The fourth-order valence-corrected chi connectivity index (χ4v) is 7.55. The van der Waals surface area contributed by atoms with Crippen LogP contribution in [0.4, 0.5) is 11.6 Å². The zero-order chi connectivity index (χ0) is 46.4. The molecule has 0 spiro atoms. The van der Waals surface area contributed by atoms with Gasteiger partial charge in [-0.3, -0.25) is 32.3 Å². The van der Waals surface area contributed by atoms with Gasteiger partial charge in [-0.2, -0.15) is 4.98 Å². The van der Waals surface area contributed by atoms with Gasteiger partial charge in [0.05, 0.1) is 26.1 Å². The van der Waals surface area contributed by atoms with Crippen molar-refractivity contribution in [2.24, 2.45) is 0 Å². The van der Waals surface area contributed by atoms with E-state index in [0.29, 0.717) is 0 Å². The minimum Gasteiger partial charge on any atom is -0.455 e. The fourth-order valence-electron chi connectivity index (χ4n) is 6.25. The summed E-state index contributed by atoms with van der Waals surface area (Å²) >= 11 is 0. The number of hydrogen-bond acceptors (Lipinski definition) is 21. The van der Waals surface area contributed by atoms with Crippen LogP contribution in [0, 0.1) is 0 Å². The number of esters is 1. The molecule has 2 amide bonds. The van der Waals surface area contributed by atoms with Gasteiger partial charge in [0, 0.05) is 18.2 Å². The minimum absolute atomic E-state index is 0.0407. The third-order valence-corrected chi connectivity index (χ3v) is 10.4. The Kier molecular flexibility index (Phi) is 15.9. The number of hydrogen-bond donors (Lipinski definition) is 9. The summed E-state index contributed by atoms with van der Waals surface area (Å²) in [6, 6.07) is -0.425. The van der Waals surface area contributed by atoms with E-state index in [1.54, 1.807) is 20.8 Å². The Morgan fingerprint density at radius 1 is 0.984 bits per heavy atom. The molecular weight excluding hydrogens is 886 g/mol. The lowest BCUT2D eigenvalue weighted by Gasteiger charge is -2.26. The first-order valence-electron chi connectivity index (χ1n) is 18.8. The topological polar surface area (TPSA) is 406 Å². The van der Waals surface area contributed by atoms with Crippen molar-refractivity contribution in [3.8, 4) is 0 Å². The van der Waals surface area contributed by atoms with Gasteiger partial charge in [0.15, 0.2) is 36.1 Å². The summed E-state index contributed by atoms with van der Waals surface area (Å²) in [4.78, 5) is 96.7. The molecular formula is C33H48N10O18P2. The first-order valence-corrected chi connectivity index (χ1v) is 21.8. The number of ether oxygens (including phenoxy) is 4. The summed E-state index contributed by atoms with van der Waals surface area (Å²) in [5, 5.41) is 27.9.